The second-order valence-electron chi connectivity index (χ2n) is 8.09. The van der Waals surface area contributed by atoms with Crippen molar-refractivity contribution >= 4 is 35.0 Å². The highest BCUT2D eigenvalue weighted by Crippen LogP contribution is 2.34. The Morgan fingerprint density at radius 1 is 1.00 bits per heavy atom. The van der Waals surface area contributed by atoms with E-state index in [2.05, 4.69) is 35.3 Å². The Balaban J connectivity index is 1.42. The lowest BCUT2D eigenvalue weighted by Gasteiger charge is -2.22. The van der Waals surface area contributed by atoms with Crippen molar-refractivity contribution in [3.63, 3.8) is 0 Å². The van der Waals surface area contributed by atoms with Crippen molar-refractivity contribution in [2.75, 3.05) is 10.7 Å². The van der Waals surface area contributed by atoms with Crippen LogP contribution in [0.1, 0.15) is 18.1 Å². The SMILES string of the molecule is C[C@@H]1Cc2ccccc2N1C(=O)CSc1nnc(-c2ccccc2Cl)n1Cc1ccccc1. The number of para-hydroxylation sites is 1. The molecule has 2 heterocycles. The summed E-state index contributed by atoms with van der Waals surface area (Å²) in [6.07, 6.45) is 0.882. The fraction of sp³-hybridized carbons (Fsp3) is 0.192. The minimum Gasteiger partial charge on any atom is -0.308 e. The molecule has 7 heteroatoms. The first kappa shape index (κ1) is 21.7. The number of amides is 1. The van der Waals surface area contributed by atoms with E-state index in [0.29, 0.717) is 22.5 Å². The van der Waals surface area contributed by atoms with Crippen molar-refractivity contribution in [3.05, 3.63) is 95.0 Å². The normalized spacial score (nSPS) is 15.0. The summed E-state index contributed by atoms with van der Waals surface area (Å²) in [4.78, 5) is 15.1. The smallest absolute Gasteiger partial charge is 0.237 e. The minimum atomic E-state index is 0.0750. The molecule has 0 bridgehead atoms. The quantitative estimate of drug-likeness (QED) is 0.335. The van der Waals surface area contributed by atoms with E-state index in [1.165, 1.54) is 17.3 Å². The summed E-state index contributed by atoms with van der Waals surface area (Å²) in [5, 5.41) is 10.2. The molecule has 33 heavy (non-hydrogen) atoms. The van der Waals surface area contributed by atoms with E-state index < -0.39 is 0 Å². The van der Waals surface area contributed by atoms with Crippen LogP contribution in [0.25, 0.3) is 11.4 Å². The molecule has 0 saturated carbocycles. The Labute approximate surface area is 202 Å². The number of thioether (sulfide) groups is 1. The van der Waals surface area contributed by atoms with Gasteiger partial charge in [-0.3, -0.25) is 9.36 Å². The average molecular weight is 475 g/mol. The van der Waals surface area contributed by atoms with Gasteiger partial charge in [-0.2, -0.15) is 0 Å². The second-order valence-corrected chi connectivity index (χ2v) is 9.44. The molecule has 1 aliphatic rings. The van der Waals surface area contributed by atoms with Gasteiger partial charge < -0.3 is 4.90 Å². The van der Waals surface area contributed by atoms with Crippen molar-refractivity contribution < 1.29 is 4.79 Å². The number of rotatable bonds is 6. The van der Waals surface area contributed by atoms with E-state index in [0.717, 1.165) is 23.2 Å². The van der Waals surface area contributed by atoms with E-state index in [-0.39, 0.29) is 17.7 Å². The highest BCUT2D eigenvalue weighted by molar-refractivity contribution is 7.99. The molecule has 1 aromatic heterocycles. The first-order chi connectivity index (χ1) is 16.1. The third kappa shape index (κ3) is 4.41. The number of fused-ring (bicyclic) bond motifs is 1. The van der Waals surface area contributed by atoms with Gasteiger partial charge in [0.25, 0.3) is 0 Å². The summed E-state index contributed by atoms with van der Waals surface area (Å²) in [6, 6.07) is 26.0. The third-order valence-corrected chi connectivity index (χ3v) is 7.10. The van der Waals surface area contributed by atoms with Crippen molar-refractivity contribution in [2.24, 2.45) is 0 Å². The molecule has 5 rings (SSSR count). The van der Waals surface area contributed by atoms with Gasteiger partial charge in [-0.1, -0.05) is 84.0 Å². The molecule has 5 nitrogen and oxygen atoms in total. The highest BCUT2D eigenvalue weighted by Gasteiger charge is 2.30. The maximum Gasteiger partial charge on any atom is 0.237 e. The molecule has 0 fully saturated rings. The van der Waals surface area contributed by atoms with Gasteiger partial charge in [-0.25, -0.2) is 0 Å². The zero-order valence-electron chi connectivity index (χ0n) is 18.2. The third-order valence-electron chi connectivity index (χ3n) is 5.82. The van der Waals surface area contributed by atoms with Crippen molar-refractivity contribution in [1.82, 2.24) is 14.8 Å². The van der Waals surface area contributed by atoms with Gasteiger partial charge >= 0.3 is 0 Å². The van der Waals surface area contributed by atoms with Crippen LogP contribution in [-0.4, -0.2) is 32.5 Å². The Kier molecular flexibility index (Phi) is 6.20. The summed E-state index contributed by atoms with van der Waals surface area (Å²) in [6.45, 7) is 2.68. The lowest BCUT2D eigenvalue weighted by Crippen LogP contribution is -2.37. The Morgan fingerprint density at radius 2 is 1.73 bits per heavy atom. The second kappa shape index (κ2) is 9.41. The lowest BCUT2D eigenvalue weighted by molar-refractivity contribution is -0.116. The van der Waals surface area contributed by atoms with Gasteiger partial charge in [0.05, 0.1) is 17.3 Å². The number of halogens is 1. The molecule has 0 spiro atoms. The van der Waals surface area contributed by atoms with Crippen LogP contribution in [-0.2, 0) is 17.8 Å². The van der Waals surface area contributed by atoms with E-state index in [9.17, 15) is 4.79 Å². The Bertz CT molecular complexity index is 1290. The van der Waals surface area contributed by atoms with Crippen molar-refractivity contribution in [1.29, 1.82) is 0 Å². The van der Waals surface area contributed by atoms with Crippen LogP contribution in [0.3, 0.4) is 0 Å². The zero-order chi connectivity index (χ0) is 22.8. The number of hydrogen-bond donors (Lipinski definition) is 0. The molecule has 0 aliphatic carbocycles. The van der Waals surface area contributed by atoms with Crippen LogP contribution >= 0.6 is 23.4 Å². The maximum absolute atomic E-state index is 13.2. The molecule has 0 N–H and O–H groups in total. The standard InChI is InChI=1S/C26H23ClN4OS/c1-18-15-20-11-5-8-14-23(20)31(18)24(32)17-33-26-29-28-25(21-12-6-7-13-22(21)27)30(26)16-19-9-3-2-4-10-19/h2-14,18H,15-17H2,1H3/t18-/m1/s1. The topological polar surface area (TPSA) is 51.0 Å². The van der Waals surface area contributed by atoms with Gasteiger partial charge in [-0.15, -0.1) is 10.2 Å². The monoisotopic (exact) mass is 474 g/mol. The van der Waals surface area contributed by atoms with Gasteiger partial charge in [0, 0.05) is 17.3 Å². The molecular formula is C26H23ClN4OS. The zero-order valence-corrected chi connectivity index (χ0v) is 19.8. The lowest BCUT2D eigenvalue weighted by atomic mass is 10.1. The summed E-state index contributed by atoms with van der Waals surface area (Å²) in [7, 11) is 0. The number of aromatic nitrogens is 3. The van der Waals surface area contributed by atoms with Crippen molar-refractivity contribution in [3.8, 4) is 11.4 Å². The molecule has 1 amide bonds. The van der Waals surface area contributed by atoms with E-state index in [1.54, 1.807) is 0 Å². The Hall–Kier alpha value is -3.09. The molecule has 0 unspecified atom stereocenters. The highest BCUT2D eigenvalue weighted by atomic mass is 35.5. The summed E-state index contributed by atoms with van der Waals surface area (Å²) < 4.78 is 2.04. The predicted molar refractivity (Wildman–Crippen MR) is 134 cm³/mol. The number of nitrogens with zero attached hydrogens (tertiary/aromatic N) is 4. The number of anilines is 1. The van der Waals surface area contributed by atoms with Crippen LogP contribution < -0.4 is 4.90 Å². The molecule has 3 aromatic carbocycles. The molecule has 0 saturated heterocycles. The van der Waals surface area contributed by atoms with E-state index >= 15 is 0 Å². The van der Waals surface area contributed by atoms with Crippen molar-refractivity contribution in [2.45, 2.75) is 31.1 Å². The largest absolute Gasteiger partial charge is 0.308 e. The van der Waals surface area contributed by atoms with Gasteiger partial charge in [-0.05, 0) is 42.7 Å². The number of carbonyl (C=O) groups excluding carboxylic acids is 1. The Morgan fingerprint density at radius 3 is 2.55 bits per heavy atom. The fourth-order valence-corrected chi connectivity index (χ4v) is 5.30. The average Bonchev–Trinajstić information content (AvgIpc) is 3.38. The van der Waals surface area contributed by atoms with E-state index in [1.807, 2.05) is 70.1 Å². The van der Waals surface area contributed by atoms with Crippen LogP contribution in [0.2, 0.25) is 5.02 Å². The first-order valence-electron chi connectivity index (χ1n) is 10.9. The van der Waals surface area contributed by atoms with Gasteiger partial charge in [0.1, 0.15) is 0 Å². The van der Waals surface area contributed by atoms with Gasteiger partial charge in [0.2, 0.25) is 5.91 Å². The maximum atomic E-state index is 13.2. The number of hydrogen-bond acceptors (Lipinski definition) is 4. The minimum absolute atomic E-state index is 0.0750. The van der Waals surface area contributed by atoms with Crippen LogP contribution in [0, 0.1) is 0 Å². The summed E-state index contributed by atoms with van der Waals surface area (Å²) >= 11 is 7.89. The van der Waals surface area contributed by atoms with Crippen LogP contribution in [0.15, 0.2) is 84.0 Å². The predicted octanol–water partition coefficient (Wildman–Crippen LogP) is 5.72. The molecule has 1 aliphatic heterocycles. The fourth-order valence-electron chi connectivity index (χ4n) is 4.29. The molecule has 166 valence electrons. The number of carbonyl (C=O) groups is 1. The van der Waals surface area contributed by atoms with Crippen LogP contribution in [0.5, 0.6) is 0 Å². The van der Waals surface area contributed by atoms with Crippen LogP contribution in [0.4, 0.5) is 5.69 Å². The molecule has 1 atom stereocenters. The summed E-state index contributed by atoms with van der Waals surface area (Å²) in [5.41, 5.74) is 4.18. The number of benzene rings is 3. The molecule has 0 radical (unpaired) electrons. The molecule has 4 aromatic rings. The first-order valence-corrected chi connectivity index (χ1v) is 12.2. The van der Waals surface area contributed by atoms with Gasteiger partial charge in [0.15, 0.2) is 11.0 Å². The summed E-state index contributed by atoms with van der Waals surface area (Å²) in [5.74, 6) is 1.05. The molecular weight excluding hydrogens is 452 g/mol. The van der Waals surface area contributed by atoms with E-state index in [4.69, 9.17) is 11.6 Å².